The quantitative estimate of drug-likeness (QED) is 0.419. The number of hydrogen-bond acceptors (Lipinski definition) is 7. The van der Waals surface area contributed by atoms with Crippen LogP contribution in [0.3, 0.4) is 0 Å². The smallest absolute Gasteiger partial charge is 0.228 e. The van der Waals surface area contributed by atoms with Crippen molar-refractivity contribution in [2.24, 2.45) is 14.1 Å². The zero-order valence-corrected chi connectivity index (χ0v) is 19.7. The van der Waals surface area contributed by atoms with E-state index in [-0.39, 0.29) is 0 Å². The fourth-order valence-electron chi connectivity index (χ4n) is 4.30. The number of ether oxygens (including phenoxy) is 1. The Morgan fingerprint density at radius 1 is 0.857 bits per heavy atom. The van der Waals surface area contributed by atoms with Crippen LogP contribution in [0.1, 0.15) is 0 Å². The largest absolute Gasteiger partial charge is 0.378 e. The molecule has 0 bridgehead atoms. The maximum Gasteiger partial charge on any atom is 0.228 e. The molecule has 3 aromatic heterocycles. The first kappa shape index (κ1) is 21.3. The van der Waals surface area contributed by atoms with E-state index in [4.69, 9.17) is 14.7 Å². The highest BCUT2D eigenvalue weighted by Crippen LogP contribution is 2.28. The van der Waals surface area contributed by atoms with Gasteiger partial charge in [0.1, 0.15) is 5.82 Å². The van der Waals surface area contributed by atoms with Crippen molar-refractivity contribution in [1.29, 1.82) is 0 Å². The second kappa shape index (κ2) is 8.84. The molecule has 4 heterocycles. The normalized spacial score (nSPS) is 13.9. The predicted octanol–water partition coefficient (Wildman–Crippen LogP) is 4.01. The Morgan fingerprint density at radius 2 is 1.66 bits per heavy atom. The van der Waals surface area contributed by atoms with Crippen LogP contribution in [0.2, 0.25) is 0 Å². The molecule has 1 aliphatic rings. The molecule has 35 heavy (non-hydrogen) atoms. The lowest BCUT2D eigenvalue weighted by Gasteiger charge is -2.27. The molecule has 9 heteroatoms. The van der Waals surface area contributed by atoms with Gasteiger partial charge in [0.05, 0.1) is 36.3 Å². The minimum Gasteiger partial charge on any atom is -0.378 e. The third kappa shape index (κ3) is 4.33. The van der Waals surface area contributed by atoms with Crippen LogP contribution in [0.25, 0.3) is 33.4 Å². The first-order valence-electron chi connectivity index (χ1n) is 11.6. The van der Waals surface area contributed by atoms with E-state index < -0.39 is 0 Å². The lowest BCUT2D eigenvalue weighted by Crippen LogP contribution is -2.37. The van der Waals surface area contributed by atoms with Crippen LogP contribution in [-0.4, -0.2) is 55.8 Å². The van der Waals surface area contributed by atoms with Crippen LogP contribution in [0.15, 0.2) is 67.0 Å². The van der Waals surface area contributed by atoms with Crippen molar-refractivity contribution >= 4 is 28.4 Å². The number of rotatable bonds is 5. The van der Waals surface area contributed by atoms with Gasteiger partial charge in [0.25, 0.3) is 0 Å². The van der Waals surface area contributed by atoms with Crippen LogP contribution in [0.4, 0.5) is 17.5 Å². The lowest BCUT2D eigenvalue weighted by molar-refractivity contribution is 0.122. The van der Waals surface area contributed by atoms with Gasteiger partial charge in [0.2, 0.25) is 5.95 Å². The summed E-state index contributed by atoms with van der Waals surface area (Å²) < 4.78 is 9.22. The van der Waals surface area contributed by atoms with Crippen molar-refractivity contribution in [2.75, 3.05) is 36.5 Å². The summed E-state index contributed by atoms with van der Waals surface area (Å²) >= 11 is 0. The molecular formula is C26H26N8O. The van der Waals surface area contributed by atoms with Gasteiger partial charge in [-0.1, -0.05) is 24.3 Å². The molecule has 0 amide bonds. The van der Waals surface area contributed by atoms with Gasteiger partial charge in [-0.25, -0.2) is 4.98 Å². The van der Waals surface area contributed by atoms with Crippen LogP contribution in [0.5, 0.6) is 0 Å². The van der Waals surface area contributed by atoms with E-state index in [0.717, 1.165) is 58.0 Å². The van der Waals surface area contributed by atoms with E-state index in [1.165, 1.54) is 0 Å². The van der Waals surface area contributed by atoms with Crippen molar-refractivity contribution in [2.45, 2.75) is 0 Å². The average molecular weight is 467 g/mol. The van der Waals surface area contributed by atoms with E-state index >= 15 is 0 Å². The number of hydrogen-bond donors (Lipinski definition) is 1. The number of anilines is 3. The van der Waals surface area contributed by atoms with Gasteiger partial charge in [0.15, 0.2) is 0 Å². The van der Waals surface area contributed by atoms with Crippen molar-refractivity contribution in [1.82, 2.24) is 29.5 Å². The first-order chi connectivity index (χ1) is 17.1. The summed E-state index contributed by atoms with van der Waals surface area (Å²) in [6.07, 6.45) is 3.82. The summed E-state index contributed by atoms with van der Waals surface area (Å²) in [5.74, 6) is 1.44. The molecule has 5 aromatic rings. The van der Waals surface area contributed by atoms with Crippen LogP contribution in [-0.2, 0) is 18.8 Å². The second-order valence-corrected chi connectivity index (χ2v) is 8.66. The van der Waals surface area contributed by atoms with Gasteiger partial charge in [-0.3, -0.25) is 9.36 Å². The standard InChI is InChI=1S/C26H26N8O/c1-32-10-9-22(31-32)18-5-7-21(8-6-18)28-25-16-23(29-26(30-25)34-11-13-35-14-12-34)19-3-4-20-17-27-33(2)24(20)15-19/h3-10,15-17H,11-14H2,1-2H3,(H,28,29,30). The van der Waals surface area contributed by atoms with Crippen LogP contribution >= 0.6 is 0 Å². The number of fused-ring (bicyclic) bond motifs is 1. The third-order valence-corrected chi connectivity index (χ3v) is 6.22. The Morgan fingerprint density at radius 3 is 2.43 bits per heavy atom. The Hall–Kier alpha value is -4.24. The molecule has 1 saturated heterocycles. The topological polar surface area (TPSA) is 85.9 Å². The Kier molecular flexibility index (Phi) is 5.38. The molecule has 0 aliphatic carbocycles. The third-order valence-electron chi connectivity index (χ3n) is 6.22. The van der Waals surface area contributed by atoms with E-state index in [1.807, 2.05) is 55.4 Å². The average Bonchev–Trinajstić information content (AvgIpc) is 3.50. The van der Waals surface area contributed by atoms with Gasteiger partial charge in [-0.05, 0) is 24.3 Å². The highest BCUT2D eigenvalue weighted by Gasteiger charge is 2.17. The first-order valence-corrected chi connectivity index (χ1v) is 11.6. The lowest BCUT2D eigenvalue weighted by atomic mass is 10.1. The Labute approximate surface area is 203 Å². The second-order valence-electron chi connectivity index (χ2n) is 8.66. The van der Waals surface area contributed by atoms with Crippen LogP contribution < -0.4 is 10.2 Å². The molecule has 0 saturated carbocycles. The maximum atomic E-state index is 5.53. The minimum atomic E-state index is 0.673. The molecule has 0 spiro atoms. The minimum absolute atomic E-state index is 0.673. The summed E-state index contributed by atoms with van der Waals surface area (Å²) in [6.45, 7) is 2.88. The van der Waals surface area contributed by atoms with Gasteiger partial charge in [-0.2, -0.15) is 15.2 Å². The van der Waals surface area contributed by atoms with Crippen molar-refractivity contribution < 1.29 is 4.74 Å². The molecule has 6 rings (SSSR count). The zero-order chi connectivity index (χ0) is 23.8. The number of nitrogens with one attached hydrogen (secondary N) is 1. The van der Waals surface area contributed by atoms with Gasteiger partial charge >= 0.3 is 0 Å². The van der Waals surface area contributed by atoms with Gasteiger partial charge < -0.3 is 15.0 Å². The van der Waals surface area contributed by atoms with Crippen LogP contribution in [0, 0.1) is 0 Å². The SMILES string of the molecule is Cn1ccc(-c2ccc(Nc3cc(-c4ccc5cnn(C)c5c4)nc(N4CCOCC4)n3)cc2)n1. The molecule has 0 atom stereocenters. The van der Waals surface area contributed by atoms with E-state index in [0.29, 0.717) is 19.2 Å². The number of aromatic nitrogens is 6. The summed E-state index contributed by atoms with van der Waals surface area (Å²) in [6, 6.07) is 18.5. The van der Waals surface area contributed by atoms with E-state index in [2.05, 4.69) is 50.7 Å². The molecule has 176 valence electrons. The Bertz CT molecular complexity index is 1480. The van der Waals surface area contributed by atoms with Crippen molar-refractivity contribution in [3.05, 3.63) is 67.0 Å². The van der Waals surface area contributed by atoms with E-state index in [9.17, 15) is 0 Å². The fraction of sp³-hybridized carbons (Fsp3) is 0.231. The highest BCUT2D eigenvalue weighted by atomic mass is 16.5. The predicted molar refractivity (Wildman–Crippen MR) is 137 cm³/mol. The summed E-state index contributed by atoms with van der Waals surface area (Å²) in [5.41, 5.74) is 5.91. The molecular weight excluding hydrogens is 440 g/mol. The number of aryl methyl sites for hydroxylation is 2. The maximum absolute atomic E-state index is 5.53. The Balaban J connectivity index is 1.35. The highest BCUT2D eigenvalue weighted by molar-refractivity contribution is 5.84. The van der Waals surface area contributed by atoms with E-state index in [1.54, 1.807) is 4.68 Å². The van der Waals surface area contributed by atoms with Gasteiger partial charge in [-0.15, -0.1) is 0 Å². The summed E-state index contributed by atoms with van der Waals surface area (Å²) in [4.78, 5) is 11.9. The van der Waals surface area contributed by atoms with Crippen molar-refractivity contribution in [3.8, 4) is 22.5 Å². The summed E-state index contributed by atoms with van der Waals surface area (Å²) in [5, 5.41) is 13.4. The molecule has 0 unspecified atom stereocenters. The van der Waals surface area contributed by atoms with Crippen molar-refractivity contribution in [3.63, 3.8) is 0 Å². The fourth-order valence-corrected chi connectivity index (χ4v) is 4.30. The van der Waals surface area contributed by atoms with Gasteiger partial charge in [0, 0.05) is 61.6 Å². The molecule has 1 fully saturated rings. The summed E-state index contributed by atoms with van der Waals surface area (Å²) in [7, 11) is 3.87. The number of morpholine rings is 1. The molecule has 2 aromatic carbocycles. The molecule has 9 nitrogen and oxygen atoms in total. The number of benzene rings is 2. The monoisotopic (exact) mass is 466 g/mol. The molecule has 1 aliphatic heterocycles. The molecule has 1 N–H and O–H groups in total. The zero-order valence-electron chi connectivity index (χ0n) is 19.7. The molecule has 0 radical (unpaired) electrons. The number of nitrogens with zero attached hydrogens (tertiary/aromatic N) is 7.